The molecule has 2 N–H and O–H groups in total. The smallest absolute Gasteiger partial charge is 0.294 e. The zero-order valence-electron chi connectivity index (χ0n) is 8.88. The van der Waals surface area contributed by atoms with Crippen LogP contribution in [0, 0.1) is 3.77 Å². The summed E-state index contributed by atoms with van der Waals surface area (Å²) in [7, 11) is 0. The van der Waals surface area contributed by atoms with Gasteiger partial charge in [-0.1, -0.05) is 0 Å². The third-order valence-electron chi connectivity index (χ3n) is 2.05. The molecule has 18 heavy (non-hydrogen) atoms. The second-order valence-corrected chi connectivity index (χ2v) is 5.43. The summed E-state index contributed by atoms with van der Waals surface area (Å²) in [6.07, 6.45) is 1.47. The van der Waals surface area contributed by atoms with Crippen LogP contribution in [0.25, 0.3) is 6.08 Å². The molecule has 0 spiro atoms. The van der Waals surface area contributed by atoms with E-state index in [2.05, 4.69) is 0 Å². The summed E-state index contributed by atoms with van der Waals surface area (Å²) in [6, 6.07) is 3.42. The third kappa shape index (κ3) is 2.75. The maximum atomic E-state index is 11.8. The largest absolute Gasteiger partial charge is 0.451 e. The van der Waals surface area contributed by atoms with Crippen molar-refractivity contribution >= 4 is 57.5 Å². The lowest BCUT2D eigenvalue weighted by Gasteiger charge is -2.08. The van der Waals surface area contributed by atoms with Gasteiger partial charge in [0.05, 0.1) is 4.91 Å². The van der Waals surface area contributed by atoms with Gasteiger partial charge in [0.15, 0.2) is 3.77 Å². The van der Waals surface area contributed by atoms with Crippen LogP contribution in [0.2, 0.25) is 0 Å². The van der Waals surface area contributed by atoms with E-state index in [1.165, 1.54) is 6.08 Å². The Labute approximate surface area is 120 Å². The minimum atomic E-state index is -0.730. The first-order chi connectivity index (χ1) is 8.47. The van der Waals surface area contributed by atoms with Crippen molar-refractivity contribution in [3.05, 3.63) is 26.6 Å². The number of thioether (sulfide) groups is 1. The van der Waals surface area contributed by atoms with Gasteiger partial charge in [0.2, 0.25) is 5.91 Å². The Kier molecular flexibility index (Phi) is 3.76. The molecule has 1 saturated heterocycles. The molecule has 0 atom stereocenters. The first-order valence-corrected chi connectivity index (χ1v) is 6.66. The van der Waals surface area contributed by atoms with Crippen molar-refractivity contribution in [3.63, 3.8) is 0 Å². The molecule has 1 fully saturated rings. The van der Waals surface area contributed by atoms with Crippen molar-refractivity contribution in [1.82, 2.24) is 4.90 Å². The van der Waals surface area contributed by atoms with Gasteiger partial charge in [-0.25, -0.2) is 0 Å². The lowest BCUT2D eigenvalue weighted by atomic mass is 10.3. The van der Waals surface area contributed by atoms with Crippen LogP contribution in [-0.4, -0.2) is 28.5 Å². The summed E-state index contributed by atoms with van der Waals surface area (Å²) in [4.78, 5) is 35.1. The molecule has 0 aromatic carbocycles. The monoisotopic (exact) mass is 378 g/mol. The number of amides is 3. The van der Waals surface area contributed by atoms with Crippen LogP contribution in [0.1, 0.15) is 5.76 Å². The van der Waals surface area contributed by atoms with Crippen molar-refractivity contribution in [1.29, 1.82) is 0 Å². The SMILES string of the molecule is NC(=O)CN1C(=O)S/C(=C\c2ccc(I)o2)C1=O. The molecular weight excluding hydrogens is 371 g/mol. The number of carbonyl (C=O) groups is 3. The molecule has 0 saturated carbocycles. The number of nitrogens with two attached hydrogens (primary N) is 1. The van der Waals surface area contributed by atoms with Crippen molar-refractivity contribution in [2.75, 3.05) is 6.54 Å². The van der Waals surface area contributed by atoms with Crippen molar-refractivity contribution in [2.45, 2.75) is 0 Å². The highest BCUT2D eigenvalue weighted by Gasteiger charge is 2.36. The summed E-state index contributed by atoms with van der Waals surface area (Å²) >= 11 is 2.75. The fourth-order valence-electron chi connectivity index (χ4n) is 1.33. The van der Waals surface area contributed by atoms with E-state index in [0.717, 1.165) is 16.7 Å². The quantitative estimate of drug-likeness (QED) is 0.634. The first-order valence-electron chi connectivity index (χ1n) is 4.76. The molecule has 1 aromatic heterocycles. The molecule has 1 aromatic rings. The first kappa shape index (κ1) is 13.1. The molecule has 2 heterocycles. The molecule has 8 heteroatoms. The summed E-state index contributed by atoms with van der Waals surface area (Å²) in [5.41, 5.74) is 4.96. The fraction of sp³-hybridized carbons (Fsp3) is 0.100. The zero-order valence-corrected chi connectivity index (χ0v) is 11.9. The van der Waals surface area contributed by atoms with Crippen LogP contribution in [0.5, 0.6) is 0 Å². The van der Waals surface area contributed by atoms with E-state index in [0.29, 0.717) is 9.53 Å². The Hall–Kier alpha value is -1.29. The Bertz CT molecular complexity index is 566. The Morgan fingerprint density at radius 3 is 2.78 bits per heavy atom. The molecule has 0 radical (unpaired) electrons. The van der Waals surface area contributed by atoms with E-state index < -0.39 is 23.6 Å². The predicted octanol–water partition coefficient (Wildman–Crippen LogP) is 1.41. The van der Waals surface area contributed by atoms with Gasteiger partial charge in [0.25, 0.3) is 11.1 Å². The number of furan rings is 1. The lowest BCUT2D eigenvalue weighted by molar-refractivity contribution is -0.127. The Morgan fingerprint density at radius 2 is 2.22 bits per heavy atom. The summed E-state index contributed by atoms with van der Waals surface area (Å²) in [5.74, 6) is -0.787. The second-order valence-electron chi connectivity index (χ2n) is 3.38. The number of primary amides is 1. The lowest BCUT2D eigenvalue weighted by Crippen LogP contribution is -2.36. The average molecular weight is 378 g/mol. The number of halogens is 1. The van der Waals surface area contributed by atoms with Crippen LogP contribution < -0.4 is 5.73 Å². The third-order valence-corrected chi connectivity index (χ3v) is 3.54. The van der Waals surface area contributed by atoms with Gasteiger partial charge >= 0.3 is 0 Å². The van der Waals surface area contributed by atoms with Gasteiger partial charge in [0, 0.05) is 6.08 Å². The number of rotatable bonds is 3. The maximum Gasteiger partial charge on any atom is 0.294 e. The fourth-order valence-corrected chi connectivity index (χ4v) is 2.58. The second kappa shape index (κ2) is 5.14. The molecule has 0 aliphatic carbocycles. The zero-order chi connectivity index (χ0) is 13.3. The molecule has 6 nitrogen and oxygen atoms in total. The van der Waals surface area contributed by atoms with E-state index in [1.807, 2.05) is 22.6 Å². The van der Waals surface area contributed by atoms with E-state index in [4.69, 9.17) is 10.2 Å². The normalized spacial score (nSPS) is 17.8. The van der Waals surface area contributed by atoms with Gasteiger partial charge < -0.3 is 10.2 Å². The summed E-state index contributed by atoms with van der Waals surface area (Å²) in [6.45, 7) is -0.405. The number of hydrogen-bond donors (Lipinski definition) is 1. The van der Waals surface area contributed by atoms with E-state index in [1.54, 1.807) is 12.1 Å². The Balaban J connectivity index is 2.22. The molecule has 2 rings (SSSR count). The molecule has 3 amide bonds. The molecule has 1 aliphatic heterocycles. The summed E-state index contributed by atoms with van der Waals surface area (Å²) in [5, 5.41) is -0.508. The van der Waals surface area contributed by atoms with Gasteiger partial charge in [-0.3, -0.25) is 19.3 Å². The highest BCUT2D eigenvalue weighted by molar-refractivity contribution is 14.1. The van der Waals surface area contributed by atoms with Crippen LogP contribution >= 0.6 is 34.4 Å². The summed E-state index contributed by atoms with van der Waals surface area (Å²) < 4.78 is 5.94. The van der Waals surface area contributed by atoms with Crippen LogP contribution in [0.15, 0.2) is 21.5 Å². The molecular formula is C10H7IN2O4S. The van der Waals surface area contributed by atoms with E-state index in [-0.39, 0.29) is 4.91 Å². The topological polar surface area (TPSA) is 93.6 Å². The highest BCUT2D eigenvalue weighted by Crippen LogP contribution is 2.32. The van der Waals surface area contributed by atoms with Gasteiger partial charge in [-0.2, -0.15) is 0 Å². The standard InChI is InChI=1S/C10H7IN2O4S/c11-7-2-1-5(17-7)3-6-9(15)13(4-8(12)14)10(16)18-6/h1-3H,4H2,(H2,12,14)/b6-3-. The molecule has 0 unspecified atom stereocenters. The van der Waals surface area contributed by atoms with Crippen molar-refractivity contribution in [3.8, 4) is 0 Å². The average Bonchev–Trinajstić information content (AvgIpc) is 2.78. The van der Waals surface area contributed by atoms with Crippen LogP contribution in [-0.2, 0) is 9.59 Å². The number of hydrogen-bond acceptors (Lipinski definition) is 5. The number of nitrogens with zero attached hydrogens (tertiary/aromatic N) is 1. The van der Waals surface area contributed by atoms with Crippen LogP contribution in [0.3, 0.4) is 0 Å². The number of imide groups is 1. The van der Waals surface area contributed by atoms with Gasteiger partial charge in [-0.15, -0.1) is 0 Å². The van der Waals surface area contributed by atoms with E-state index >= 15 is 0 Å². The molecule has 0 bridgehead atoms. The maximum absolute atomic E-state index is 11.8. The predicted molar refractivity (Wildman–Crippen MR) is 73.3 cm³/mol. The van der Waals surface area contributed by atoms with E-state index in [9.17, 15) is 14.4 Å². The van der Waals surface area contributed by atoms with Crippen LogP contribution in [0.4, 0.5) is 4.79 Å². The minimum Gasteiger partial charge on any atom is -0.451 e. The Morgan fingerprint density at radius 1 is 1.50 bits per heavy atom. The van der Waals surface area contributed by atoms with Crippen molar-refractivity contribution < 1.29 is 18.8 Å². The van der Waals surface area contributed by atoms with Gasteiger partial charge in [0.1, 0.15) is 12.3 Å². The number of carbonyl (C=O) groups excluding carboxylic acids is 3. The highest BCUT2D eigenvalue weighted by atomic mass is 127. The van der Waals surface area contributed by atoms with Crippen molar-refractivity contribution in [2.24, 2.45) is 5.73 Å². The molecule has 1 aliphatic rings. The minimum absolute atomic E-state index is 0.215. The molecule has 94 valence electrons. The van der Waals surface area contributed by atoms with Gasteiger partial charge in [-0.05, 0) is 46.5 Å².